The molecule has 5 fully saturated rings. The van der Waals surface area contributed by atoms with Crippen LogP contribution in [0.1, 0.15) is 46.0 Å². The zero-order valence-electron chi connectivity index (χ0n) is 11.2. The fourth-order valence-electron chi connectivity index (χ4n) is 4.53. The van der Waals surface area contributed by atoms with Crippen molar-refractivity contribution in [3.63, 3.8) is 0 Å². The molecule has 0 aromatic heterocycles. The molecular weight excluding hydrogens is 232 g/mol. The molecule has 4 nitrogen and oxygen atoms in total. The smallest absolute Gasteiger partial charge is 0.201 e. The number of hydrogen-bond donors (Lipinski definition) is 0. The summed E-state index contributed by atoms with van der Waals surface area (Å²) in [7, 11) is 0. The van der Waals surface area contributed by atoms with Gasteiger partial charge in [-0.15, -0.1) is 0 Å². The summed E-state index contributed by atoms with van der Waals surface area (Å²) in [6.45, 7) is 5.01. The molecule has 102 valence electrons. The fraction of sp³-hybridized carbons (Fsp3) is 1.00. The van der Waals surface area contributed by atoms with Gasteiger partial charge in [0.1, 0.15) is 0 Å². The number of rotatable bonds is 0. The van der Waals surface area contributed by atoms with Crippen molar-refractivity contribution < 1.29 is 19.2 Å². The predicted molar refractivity (Wildman–Crippen MR) is 63.4 cm³/mol. The van der Waals surface area contributed by atoms with Crippen molar-refractivity contribution in [2.45, 2.75) is 63.6 Å². The summed E-state index contributed by atoms with van der Waals surface area (Å²) < 4.78 is 12.1. The molecule has 0 aromatic carbocycles. The molecular formula is C14H22O4. The van der Waals surface area contributed by atoms with Crippen LogP contribution in [0.2, 0.25) is 0 Å². The van der Waals surface area contributed by atoms with Crippen molar-refractivity contribution in [2.75, 3.05) is 6.61 Å². The second kappa shape index (κ2) is 3.69. The molecule has 6 atom stereocenters. The van der Waals surface area contributed by atoms with E-state index in [9.17, 15) is 0 Å². The Balaban J connectivity index is 1.80. The third-order valence-electron chi connectivity index (χ3n) is 5.52. The zero-order valence-corrected chi connectivity index (χ0v) is 11.2. The van der Waals surface area contributed by atoms with Gasteiger partial charge in [-0.1, -0.05) is 13.3 Å². The highest BCUT2D eigenvalue weighted by Crippen LogP contribution is 2.57. The molecule has 18 heavy (non-hydrogen) atoms. The highest BCUT2D eigenvalue weighted by molar-refractivity contribution is 5.06. The second-order valence-electron chi connectivity index (χ2n) is 6.69. The summed E-state index contributed by atoms with van der Waals surface area (Å²) >= 11 is 0. The number of fused-ring (bicyclic) bond motifs is 2. The SMILES string of the molecule is C[C@H]1CO[C@@H]2O[C@@]3(C)CC[C@H]4CCC[C@@H]1[C@]42OO3. The lowest BCUT2D eigenvalue weighted by Gasteiger charge is -2.57. The Morgan fingerprint density at radius 3 is 2.89 bits per heavy atom. The van der Waals surface area contributed by atoms with E-state index in [0.29, 0.717) is 17.8 Å². The van der Waals surface area contributed by atoms with Gasteiger partial charge in [-0.2, -0.15) is 0 Å². The quantitative estimate of drug-likeness (QED) is 0.623. The van der Waals surface area contributed by atoms with Crippen molar-refractivity contribution in [3.8, 4) is 0 Å². The van der Waals surface area contributed by atoms with Gasteiger partial charge in [-0.05, 0) is 38.0 Å². The van der Waals surface area contributed by atoms with Crippen LogP contribution in [-0.4, -0.2) is 24.3 Å². The Morgan fingerprint density at radius 2 is 2.00 bits per heavy atom. The van der Waals surface area contributed by atoms with Crippen molar-refractivity contribution in [3.05, 3.63) is 0 Å². The van der Waals surface area contributed by atoms with E-state index in [1.165, 1.54) is 19.3 Å². The highest BCUT2D eigenvalue weighted by atomic mass is 17.3. The monoisotopic (exact) mass is 254 g/mol. The third kappa shape index (κ3) is 1.35. The molecule has 4 heterocycles. The minimum absolute atomic E-state index is 0.231. The summed E-state index contributed by atoms with van der Waals surface area (Å²) in [5.74, 6) is 0.947. The van der Waals surface area contributed by atoms with Gasteiger partial charge >= 0.3 is 0 Å². The standard InChI is InChI=1S/C14H22O4/c1-9-8-15-12-14-10(4-3-5-11(9)14)6-7-13(2,16-12)17-18-14/h9-12H,3-8H2,1-2H3/t9-,10+,11-,12+,13+,14+/m0/s1. The first kappa shape index (κ1) is 11.6. The van der Waals surface area contributed by atoms with Crippen LogP contribution in [0.25, 0.3) is 0 Å². The molecule has 5 aliphatic rings. The fourth-order valence-corrected chi connectivity index (χ4v) is 4.53. The van der Waals surface area contributed by atoms with Gasteiger partial charge in [-0.25, -0.2) is 9.78 Å². The topological polar surface area (TPSA) is 36.9 Å². The first-order chi connectivity index (χ1) is 8.64. The van der Waals surface area contributed by atoms with E-state index in [4.69, 9.17) is 19.2 Å². The van der Waals surface area contributed by atoms with E-state index >= 15 is 0 Å². The van der Waals surface area contributed by atoms with Crippen LogP contribution in [0.5, 0.6) is 0 Å². The summed E-state index contributed by atoms with van der Waals surface area (Å²) in [5, 5.41) is 0. The highest BCUT2D eigenvalue weighted by Gasteiger charge is 2.66. The Labute approximate surface area is 108 Å². The molecule has 5 rings (SSSR count). The Bertz CT molecular complexity index is 360. The van der Waals surface area contributed by atoms with Gasteiger partial charge < -0.3 is 9.47 Å². The van der Waals surface area contributed by atoms with E-state index in [-0.39, 0.29) is 11.9 Å². The lowest BCUT2D eigenvalue weighted by atomic mass is 9.62. The molecule has 0 radical (unpaired) electrons. The summed E-state index contributed by atoms with van der Waals surface area (Å²) in [6.07, 6.45) is 5.52. The zero-order chi connectivity index (χ0) is 12.4. The Morgan fingerprint density at radius 1 is 1.11 bits per heavy atom. The average Bonchev–Trinajstić information content (AvgIpc) is 2.59. The molecule has 1 spiro atoms. The first-order valence-corrected chi connectivity index (χ1v) is 7.30. The molecule has 0 amide bonds. The third-order valence-corrected chi connectivity index (χ3v) is 5.52. The van der Waals surface area contributed by atoms with Crippen LogP contribution in [0.3, 0.4) is 0 Å². The van der Waals surface area contributed by atoms with Crippen LogP contribution in [0.15, 0.2) is 0 Å². The largest absolute Gasteiger partial charge is 0.349 e. The molecule has 0 N–H and O–H groups in total. The normalized spacial score (nSPS) is 59.0. The second-order valence-corrected chi connectivity index (χ2v) is 6.69. The van der Waals surface area contributed by atoms with Crippen molar-refractivity contribution in [1.82, 2.24) is 0 Å². The van der Waals surface area contributed by atoms with Gasteiger partial charge in [-0.3, -0.25) is 0 Å². The van der Waals surface area contributed by atoms with Gasteiger partial charge in [0, 0.05) is 12.3 Å². The molecule has 0 aromatic rings. The van der Waals surface area contributed by atoms with Crippen LogP contribution in [0.4, 0.5) is 0 Å². The van der Waals surface area contributed by atoms with Crippen LogP contribution in [0, 0.1) is 17.8 Å². The molecule has 4 aliphatic heterocycles. The molecule has 0 unspecified atom stereocenters. The summed E-state index contributed by atoms with van der Waals surface area (Å²) in [4.78, 5) is 11.6. The lowest BCUT2D eigenvalue weighted by Crippen LogP contribution is -2.67. The molecule has 4 heteroatoms. The summed E-state index contributed by atoms with van der Waals surface area (Å²) in [6, 6.07) is 0. The average molecular weight is 254 g/mol. The van der Waals surface area contributed by atoms with E-state index in [1.54, 1.807) is 0 Å². The summed E-state index contributed by atoms with van der Waals surface area (Å²) in [5.41, 5.74) is -0.341. The molecule has 2 bridgehead atoms. The van der Waals surface area contributed by atoms with Gasteiger partial charge in [0.2, 0.25) is 5.79 Å². The number of ether oxygens (including phenoxy) is 2. The predicted octanol–water partition coefficient (Wildman–Crippen LogP) is 2.62. The van der Waals surface area contributed by atoms with Crippen molar-refractivity contribution in [1.29, 1.82) is 0 Å². The van der Waals surface area contributed by atoms with Crippen molar-refractivity contribution >= 4 is 0 Å². The lowest BCUT2D eigenvalue weighted by molar-refractivity contribution is -0.565. The first-order valence-electron chi connectivity index (χ1n) is 7.30. The van der Waals surface area contributed by atoms with E-state index < -0.39 is 5.79 Å². The Hall–Kier alpha value is -0.160. The molecule has 1 saturated carbocycles. The maximum atomic E-state index is 6.11. The van der Waals surface area contributed by atoms with Crippen LogP contribution < -0.4 is 0 Å². The number of hydrogen-bond acceptors (Lipinski definition) is 4. The molecule has 4 saturated heterocycles. The minimum Gasteiger partial charge on any atom is -0.349 e. The maximum absolute atomic E-state index is 6.11. The molecule has 1 aliphatic carbocycles. The van der Waals surface area contributed by atoms with Gasteiger partial charge in [0.15, 0.2) is 11.9 Å². The van der Waals surface area contributed by atoms with E-state index in [2.05, 4.69) is 6.92 Å². The minimum atomic E-state index is -0.613. The van der Waals surface area contributed by atoms with Crippen LogP contribution in [-0.2, 0) is 19.2 Å². The van der Waals surface area contributed by atoms with Crippen molar-refractivity contribution in [2.24, 2.45) is 17.8 Å². The van der Waals surface area contributed by atoms with Gasteiger partial charge in [0.05, 0.1) is 6.61 Å². The Kier molecular flexibility index (Phi) is 2.39. The van der Waals surface area contributed by atoms with Crippen LogP contribution >= 0.6 is 0 Å². The van der Waals surface area contributed by atoms with E-state index in [1.807, 2.05) is 6.92 Å². The van der Waals surface area contributed by atoms with E-state index in [0.717, 1.165) is 19.4 Å². The maximum Gasteiger partial charge on any atom is 0.201 e. The van der Waals surface area contributed by atoms with Gasteiger partial charge in [0.25, 0.3) is 0 Å².